The molecule has 0 aromatic heterocycles. The summed E-state index contributed by atoms with van der Waals surface area (Å²) in [6.45, 7) is 1.91. The number of hydrogen-bond acceptors (Lipinski definition) is 4. The lowest BCUT2D eigenvalue weighted by Gasteiger charge is -2.02. The lowest BCUT2D eigenvalue weighted by molar-refractivity contribution is 0.0525. The van der Waals surface area contributed by atoms with Crippen LogP contribution in [0.25, 0.3) is 0 Å². The lowest BCUT2D eigenvalue weighted by Crippen LogP contribution is -2.06. The number of esters is 1. The number of halogens is 1. The summed E-state index contributed by atoms with van der Waals surface area (Å²) in [6, 6.07) is 6.05. The fraction of sp³-hybridized carbons (Fsp3) is 0.222. The minimum Gasteiger partial charge on any atom is -0.462 e. The average molecular weight is 308 g/mol. The molecule has 0 aliphatic heterocycles. The van der Waals surface area contributed by atoms with Gasteiger partial charge in [-0.1, -0.05) is 12.1 Å². The third-order valence-corrected chi connectivity index (χ3v) is 3.43. The lowest BCUT2D eigenvalue weighted by atomic mass is 10.2. The van der Waals surface area contributed by atoms with E-state index >= 15 is 0 Å². The van der Waals surface area contributed by atoms with Gasteiger partial charge in [-0.25, -0.2) is 10.9 Å². The van der Waals surface area contributed by atoms with Gasteiger partial charge in [-0.05, 0) is 19.1 Å². The van der Waals surface area contributed by atoms with Gasteiger partial charge in [-0.3, -0.25) is 0 Å². The Hall–Kier alpha value is -0.980. The van der Waals surface area contributed by atoms with Gasteiger partial charge in [0, 0.05) is 0 Å². The SMILES string of the molecule is CCOC(=O)c1ccccc1I(=O)=O. The average Bonchev–Trinajstić information content (AvgIpc) is 2.18. The van der Waals surface area contributed by atoms with Gasteiger partial charge < -0.3 is 4.74 Å². The maximum absolute atomic E-state index is 11.3. The monoisotopic (exact) mass is 308 g/mol. The van der Waals surface area contributed by atoms with Crippen LogP contribution in [0.3, 0.4) is 0 Å². The molecule has 4 nitrogen and oxygen atoms in total. The van der Waals surface area contributed by atoms with Crippen molar-refractivity contribution in [3.8, 4) is 0 Å². The van der Waals surface area contributed by atoms with E-state index in [9.17, 15) is 10.9 Å². The second-order valence-electron chi connectivity index (χ2n) is 2.42. The zero-order valence-corrected chi connectivity index (χ0v) is 9.68. The Morgan fingerprint density at radius 1 is 1.36 bits per heavy atom. The highest BCUT2D eigenvalue weighted by Crippen LogP contribution is 2.21. The topological polar surface area (TPSA) is 60.4 Å². The molecule has 0 bridgehead atoms. The van der Waals surface area contributed by atoms with Crippen LogP contribution < -0.4 is 0 Å². The van der Waals surface area contributed by atoms with Crippen LogP contribution in [0.1, 0.15) is 17.3 Å². The zero-order chi connectivity index (χ0) is 10.6. The molecule has 0 radical (unpaired) electrons. The van der Waals surface area contributed by atoms with Crippen LogP contribution in [-0.4, -0.2) is 12.6 Å². The summed E-state index contributed by atoms with van der Waals surface area (Å²) in [5.74, 6) is -0.586. The summed E-state index contributed by atoms with van der Waals surface area (Å²) in [5.41, 5.74) is 0.129. The van der Waals surface area contributed by atoms with Crippen LogP contribution >= 0.6 is 19.8 Å². The fourth-order valence-corrected chi connectivity index (χ4v) is 2.35. The van der Waals surface area contributed by atoms with Gasteiger partial charge in [0.1, 0.15) is 0 Å². The van der Waals surface area contributed by atoms with Crippen LogP contribution in [0.4, 0.5) is 0 Å². The third kappa shape index (κ3) is 2.50. The van der Waals surface area contributed by atoms with Crippen molar-refractivity contribution < 1.29 is 15.7 Å². The van der Waals surface area contributed by atoms with Crippen LogP contribution in [0.15, 0.2) is 24.3 Å². The van der Waals surface area contributed by atoms with Crippen LogP contribution in [0.2, 0.25) is 0 Å². The molecule has 0 N–H and O–H groups in total. The van der Waals surface area contributed by atoms with Crippen molar-refractivity contribution in [2.24, 2.45) is 0 Å². The van der Waals surface area contributed by atoms with Crippen molar-refractivity contribution in [1.82, 2.24) is 0 Å². The molecule has 0 atom stereocenters. The number of benzene rings is 1. The molecule has 0 aliphatic carbocycles. The molecule has 0 saturated heterocycles. The van der Waals surface area contributed by atoms with Crippen molar-refractivity contribution >= 4 is 25.8 Å². The van der Waals surface area contributed by atoms with Crippen molar-refractivity contribution in [3.63, 3.8) is 0 Å². The normalized spacial score (nSPS) is 10.1. The number of carbonyl (C=O) groups excluding carboxylic acids is 1. The highest BCUT2D eigenvalue weighted by Gasteiger charge is 2.14. The van der Waals surface area contributed by atoms with Gasteiger partial charge in [0.15, 0.2) is 0 Å². The quantitative estimate of drug-likeness (QED) is 0.634. The van der Waals surface area contributed by atoms with Gasteiger partial charge in [-0.15, -0.1) is 0 Å². The molecule has 14 heavy (non-hydrogen) atoms. The molecule has 0 saturated carbocycles. The third-order valence-electron chi connectivity index (χ3n) is 1.54. The molecular weight excluding hydrogens is 299 g/mol. The predicted octanol–water partition coefficient (Wildman–Crippen LogP) is 2.23. The van der Waals surface area contributed by atoms with Crippen LogP contribution in [0.5, 0.6) is 0 Å². The Labute approximate surface area is 88.4 Å². The highest BCUT2D eigenvalue weighted by molar-refractivity contribution is 14.2. The minimum atomic E-state index is -3.62. The number of carbonyl (C=O) groups is 1. The Kier molecular flexibility index (Phi) is 3.99. The van der Waals surface area contributed by atoms with Gasteiger partial charge in [0.05, 0.1) is 15.7 Å². The summed E-state index contributed by atoms with van der Waals surface area (Å²) in [7, 11) is 0. The van der Waals surface area contributed by atoms with E-state index in [0.717, 1.165) is 0 Å². The highest BCUT2D eigenvalue weighted by atomic mass is 127. The van der Waals surface area contributed by atoms with Crippen molar-refractivity contribution in [2.45, 2.75) is 6.92 Å². The molecule has 0 heterocycles. The van der Waals surface area contributed by atoms with Gasteiger partial charge in [-0.2, -0.15) is 0 Å². The predicted molar refractivity (Wildman–Crippen MR) is 56.5 cm³/mol. The second-order valence-corrected chi connectivity index (χ2v) is 4.82. The van der Waals surface area contributed by atoms with Crippen LogP contribution in [-0.2, 0) is 10.9 Å². The summed E-state index contributed by atoms with van der Waals surface area (Å²) in [4.78, 5) is 11.3. The standard InChI is InChI=1S/C9H9IO4/c1-2-14-9(11)7-5-3-4-6-8(7)10(12)13/h3-6H,2H2,1H3. The fourth-order valence-electron chi connectivity index (χ4n) is 0.970. The van der Waals surface area contributed by atoms with E-state index in [0.29, 0.717) is 0 Å². The Balaban J connectivity index is 3.13. The summed E-state index contributed by atoms with van der Waals surface area (Å²) < 4.78 is 26.5. The Morgan fingerprint density at radius 3 is 2.57 bits per heavy atom. The Bertz CT molecular complexity index is 401. The van der Waals surface area contributed by atoms with E-state index < -0.39 is 25.8 Å². The van der Waals surface area contributed by atoms with Crippen LogP contribution in [0, 0.1) is 3.57 Å². The molecule has 0 aliphatic rings. The van der Waals surface area contributed by atoms with Gasteiger partial charge in [0.2, 0.25) is 0 Å². The second kappa shape index (κ2) is 5.04. The first-order chi connectivity index (χ1) is 6.66. The summed E-state index contributed by atoms with van der Waals surface area (Å²) in [6.07, 6.45) is 0. The molecule has 0 unspecified atom stereocenters. The molecule has 1 aromatic rings. The number of hydrogen-bond donors (Lipinski definition) is 0. The molecule has 0 amide bonds. The summed E-state index contributed by atoms with van der Waals surface area (Å²) in [5, 5.41) is 0. The summed E-state index contributed by atoms with van der Waals surface area (Å²) >= 11 is -3.62. The zero-order valence-electron chi connectivity index (χ0n) is 7.53. The maximum Gasteiger partial charge on any atom is 0.341 e. The van der Waals surface area contributed by atoms with E-state index in [1.165, 1.54) is 12.1 Å². The number of ether oxygens (including phenoxy) is 1. The first-order valence-corrected chi connectivity index (χ1v) is 6.82. The Morgan fingerprint density at radius 2 is 2.00 bits per heavy atom. The first kappa shape index (κ1) is 11.1. The smallest absolute Gasteiger partial charge is 0.341 e. The number of rotatable bonds is 3. The molecule has 5 heteroatoms. The maximum atomic E-state index is 11.3. The van der Waals surface area contributed by atoms with E-state index in [4.69, 9.17) is 4.74 Å². The molecule has 1 rings (SSSR count). The minimum absolute atomic E-state index is 0.0927. The van der Waals surface area contributed by atoms with Gasteiger partial charge >= 0.3 is 25.8 Å². The molecular formula is C9H9IO4. The largest absolute Gasteiger partial charge is 0.462 e. The first-order valence-electron chi connectivity index (χ1n) is 3.98. The van der Waals surface area contributed by atoms with Gasteiger partial charge in [0.25, 0.3) is 0 Å². The van der Waals surface area contributed by atoms with Crippen molar-refractivity contribution in [3.05, 3.63) is 33.4 Å². The van der Waals surface area contributed by atoms with E-state index in [-0.39, 0.29) is 15.7 Å². The molecule has 76 valence electrons. The van der Waals surface area contributed by atoms with E-state index in [1.54, 1.807) is 19.1 Å². The van der Waals surface area contributed by atoms with Crippen molar-refractivity contribution in [1.29, 1.82) is 0 Å². The van der Waals surface area contributed by atoms with E-state index in [1.807, 2.05) is 0 Å². The molecule has 1 aromatic carbocycles. The van der Waals surface area contributed by atoms with Crippen molar-refractivity contribution in [2.75, 3.05) is 6.61 Å². The van der Waals surface area contributed by atoms with E-state index in [2.05, 4.69) is 0 Å². The molecule has 0 fully saturated rings. The molecule has 0 spiro atoms.